The molecule has 1 aromatic carbocycles. The zero-order valence-electron chi connectivity index (χ0n) is 16.3. The van der Waals surface area contributed by atoms with E-state index in [0.717, 1.165) is 55.8 Å². The summed E-state index contributed by atoms with van der Waals surface area (Å²) in [5.74, 6) is 3.03. The van der Waals surface area contributed by atoms with Crippen molar-refractivity contribution in [1.29, 1.82) is 0 Å². The molecule has 1 unspecified atom stereocenters. The SMILES string of the molecule is CCNC(=NCCCOC1CCOC1)NCCOc1ccc2c(c1)OCO2.I. The third-order valence-electron chi connectivity index (χ3n) is 4.17. The van der Waals surface area contributed by atoms with Crippen molar-refractivity contribution in [2.24, 2.45) is 4.99 Å². The van der Waals surface area contributed by atoms with Crippen molar-refractivity contribution in [1.82, 2.24) is 10.6 Å². The van der Waals surface area contributed by atoms with E-state index in [2.05, 4.69) is 15.6 Å². The van der Waals surface area contributed by atoms with E-state index >= 15 is 0 Å². The van der Waals surface area contributed by atoms with Crippen LogP contribution in [-0.4, -0.2) is 64.9 Å². The highest BCUT2D eigenvalue weighted by Crippen LogP contribution is 2.34. The fourth-order valence-electron chi connectivity index (χ4n) is 2.80. The highest BCUT2D eigenvalue weighted by atomic mass is 127. The highest BCUT2D eigenvalue weighted by Gasteiger charge is 2.15. The molecule has 1 saturated heterocycles. The van der Waals surface area contributed by atoms with Crippen LogP contribution in [0.15, 0.2) is 23.2 Å². The number of rotatable bonds is 10. The van der Waals surface area contributed by atoms with Crippen molar-refractivity contribution in [2.75, 3.05) is 52.9 Å². The number of aliphatic imine (C=N–C) groups is 1. The molecule has 28 heavy (non-hydrogen) atoms. The molecule has 0 saturated carbocycles. The van der Waals surface area contributed by atoms with Gasteiger partial charge in [-0.25, -0.2) is 0 Å². The van der Waals surface area contributed by atoms with Gasteiger partial charge in [0.25, 0.3) is 0 Å². The predicted octanol–water partition coefficient (Wildman–Crippen LogP) is 2.16. The van der Waals surface area contributed by atoms with Crippen LogP contribution in [0.2, 0.25) is 0 Å². The number of guanidine groups is 1. The van der Waals surface area contributed by atoms with Gasteiger partial charge >= 0.3 is 0 Å². The average Bonchev–Trinajstić information content (AvgIpc) is 3.36. The molecule has 2 heterocycles. The Labute approximate surface area is 183 Å². The molecule has 0 amide bonds. The molecule has 0 spiro atoms. The quantitative estimate of drug-likeness (QED) is 0.218. The van der Waals surface area contributed by atoms with Gasteiger partial charge in [0.1, 0.15) is 12.4 Å². The average molecular weight is 507 g/mol. The summed E-state index contributed by atoms with van der Waals surface area (Å²) in [6, 6.07) is 5.58. The molecule has 8 nitrogen and oxygen atoms in total. The van der Waals surface area contributed by atoms with E-state index in [9.17, 15) is 0 Å². The molecule has 0 radical (unpaired) electrons. The number of benzene rings is 1. The molecule has 0 aromatic heterocycles. The van der Waals surface area contributed by atoms with Gasteiger partial charge < -0.3 is 34.3 Å². The molecular formula is C19H30IN3O5. The Morgan fingerprint density at radius 1 is 1.21 bits per heavy atom. The van der Waals surface area contributed by atoms with Crippen LogP contribution < -0.4 is 24.8 Å². The number of hydrogen-bond donors (Lipinski definition) is 2. The Balaban J connectivity index is 0.00000280. The minimum absolute atomic E-state index is 0. The first kappa shape index (κ1) is 22.8. The summed E-state index contributed by atoms with van der Waals surface area (Å²) in [5.41, 5.74) is 0. The summed E-state index contributed by atoms with van der Waals surface area (Å²) in [6.45, 7) is 7.25. The van der Waals surface area contributed by atoms with Crippen molar-refractivity contribution in [3.63, 3.8) is 0 Å². The lowest BCUT2D eigenvalue weighted by Gasteiger charge is -2.13. The van der Waals surface area contributed by atoms with Gasteiger partial charge in [-0.3, -0.25) is 4.99 Å². The van der Waals surface area contributed by atoms with Crippen molar-refractivity contribution < 1.29 is 23.7 Å². The zero-order chi connectivity index (χ0) is 18.7. The number of halogens is 1. The molecule has 2 aliphatic heterocycles. The van der Waals surface area contributed by atoms with Crippen LogP contribution in [0.1, 0.15) is 19.8 Å². The van der Waals surface area contributed by atoms with Gasteiger partial charge in [-0.05, 0) is 31.9 Å². The molecule has 1 aromatic rings. The van der Waals surface area contributed by atoms with E-state index in [0.29, 0.717) is 26.3 Å². The summed E-state index contributed by atoms with van der Waals surface area (Å²) < 4.78 is 27.4. The monoisotopic (exact) mass is 507 g/mol. The molecular weight excluding hydrogens is 477 g/mol. The van der Waals surface area contributed by atoms with Crippen LogP contribution in [0.3, 0.4) is 0 Å². The molecule has 3 rings (SSSR count). The minimum Gasteiger partial charge on any atom is -0.492 e. The summed E-state index contributed by atoms with van der Waals surface area (Å²) >= 11 is 0. The molecule has 1 atom stereocenters. The lowest BCUT2D eigenvalue weighted by molar-refractivity contribution is 0.0424. The Bertz CT molecular complexity index is 611. The highest BCUT2D eigenvalue weighted by molar-refractivity contribution is 14.0. The fourth-order valence-corrected chi connectivity index (χ4v) is 2.80. The molecule has 9 heteroatoms. The topological polar surface area (TPSA) is 82.6 Å². The normalized spacial score (nSPS) is 17.9. The summed E-state index contributed by atoms with van der Waals surface area (Å²) in [7, 11) is 0. The van der Waals surface area contributed by atoms with Crippen LogP contribution >= 0.6 is 24.0 Å². The Hall–Kier alpha value is -1.46. The molecule has 2 aliphatic rings. The third-order valence-corrected chi connectivity index (χ3v) is 4.17. The lowest BCUT2D eigenvalue weighted by Crippen LogP contribution is -2.39. The smallest absolute Gasteiger partial charge is 0.231 e. The van der Waals surface area contributed by atoms with Gasteiger partial charge in [0.15, 0.2) is 17.5 Å². The van der Waals surface area contributed by atoms with Crippen LogP contribution in [0, 0.1) is 0 Å². The van der Waals surface area contributed by atoms with Crippen molar-refractivity contribution in [3.05, 3.63) is 18.2 Å². The first-order chi connectivity index (χ1) is 13.3. The van der Waals surface area contributed by atoms with Gasteiger partial charge in [-0.1, -0.05) is 0 Å². The number of fused-ring (bicyclic) bond motifs is 1. The molecule has 1 fully saturated rings. The zero-order valence-corrected chi connectivity index (χ0v) is 18.6. The van der Waals surface area contributed by atoms with E-state index in [-0.39, 0.29) is 36.9 Å². The Morgan fingerprint density at radius 3 is 2.93 bits per heavy atom. The fraction of sp³-hybridized carbons (Fsp3) is 0.632. The van der Waals surface area contributed by atoms with E-state index in [1.807, 2.05) is 25.1 Å². The summed E-state index contributed by atoms with van der Waals surface area (Å²) in [6.07, 6.45) is 2.14. The largest absolute Gasteiger partial charge is 0.492 e. The second-order valence-electron chi connectivity index (χ2n) is 6.26. The first-order valence-electron chi connectivity index (χ1n) is 9.59. The van der Waals surface area contributed by atoms with Gasteiger partial charge in [0.2, 0.25) is 6.79 Å². The van der Waals surface area contributed by atoms with Gasteiger partial charge in [0, 0.05) is 32.4 Å². The van der Waals surface area contributed by atoms with Crippen molar-refractivity contribution in [2.45, 2.75) is 25.9 Å². The number of nitrogens with one attached hydrogen (secondary N) is 2. The third kappa shape index (κ3) is 7.51. The molecule has 2 N–H and O–H groups in total. The van der Waals surface area contributed by atoms with Crippen LogP contribution in [-0.2, 0) is 9.47 Å². The van der Waals surface area contributed by atoms with Crippen LogP contribution in [0.4, 0.5) is 0 Å². The van der Waals surface area contributed by atoms with Gasteiger partial charge in [0.05, 0.1) is 19.3 Å². The summed E-state index contributed by atoms with van der Waals surface area (Å²) in [5, 5.41) is 6.51. The second kappa shape index (κ2) is 12.9. The Morgan fingerprint density at radius 2 is 2.11 bits per heavy atom. The van der Waals surface area contributed by atoms with E-state index in [1.54, 1.807) is 0 Å². The first-order valence-corrected chi connectivity index (χ1v) is 9.59. The lowest BCUT2D eigenvalue weighted by atomic mass is 10.3. The van der Waals surface area contributed by atoms with E-state index < -0.39 is 0 Å². The van der Waals surface area contributed by atoms with Crippen molar-refractivity contribution in [3.8, 4) is 17.2 Å². The van der Waals surface area contributed by atoms with E-state index in [1.165, 1.54) is 0 Å². The Kier molecular flexibility index (Phi) is 10.5. The molecule has 0 aliphatic carbocycles. The number of ether oxygens (including phenoxy) is 5. The summed E-state index contributed by atoms with van der Waals surface area (Å²) in [4.78, 5) is 4.56. The van der Waals surface area contributed by atoms with Gasteiger partial charge in [-0.2, -0.15) is 0 Å². The number of nitrogens with zero attached hydrogens (tertiary/aromatic N) is 1. The maximum Gasteiger partial charge on any atom is 0.231 e. The standard InChI is InChI=1S/C19H29N3O5.HI/c1-2-20-19(21-7-3-9-24-16-6-10-23-13-16)22-8-11-25-15-4-5-17-18(12-15)27-14-26-17;/h4-5,12,16H,2-3,6-11,13-14H2,1H3,(H2,20,21,22);1H. The predicted molar refractivity (Wildman–Crippen MR) is 117 cm³/mol. The van der Waals surface area contributed by atoms with Crippen LogP contribution in [0.25, 0.3) is 0 Å². The van der Waals surface area contributed by atoms with E-state index in [4.69, 9.17) is 23.7 Å². The van der Waals surface area contributed by atoms with Gasteiger partial charge in [-0.15, -0.1) is 24.0 Å². The minimum atomic E-state index is 0. The van der Waals surface area contributed by atoms with Crippen LogP contribution in [0.5, 0.6) is 17.2 Å². The maximum absolute atomic E-state index is 5.75. The molecule has 158 valence electrons. The molecule has 0 bridgehead atoms. The maximum atomic E-state index is 5.75. The number of hydrogen-bond acceptors (Lipinski definition) is 6. The second-order valence-corrected chi connectivity index (χ2v) is 6.26. The van der Waals surface area contributed by atoms with Crippen molar-refractivity contribution >= 4 is 29.9 Å².